The first kappa shape index (κ1) is 42.2. The van der Waals surface area contributed by atoms with Crippen LogP contribution in [-0.2, 0) is 6.16 Å². The Bertz CT molecular complexity index is 1840. The zero-order valence-corrected chi connectivity index (χ0v) is 37.1. The average Bonchev–Trinajstić information content (AvgIpc) is 3.20. The van der Waals surface area contributed by atoms with Crippen molar-refractivity contribution in [3.63, 3.8) is 0 Å². The molecule has 2 nitrogen and oxygen atoms in total. The summed E-state index contributed by atoms with van der Waals surface area (Å²) in [5.74, 6) is 0. The van der Waals surface area contributed by atoms with Gasteiger partial charge in [-0.05, 0) is 107 Å². The van der Waals surface area contributed by atoms with E-state index in [4.69, 9.17) is 0 Å². The van der Waals surface area contributed by atoms with Gasteiger partial charge in [-0.1, -0.05) is 110 Å². The molecule has 1 saturated heterocycles. The SMILES string of the molecule is C=Cc1ccc(C[P+](CCCC[P+](CCCC[N+](C)(C)C2CC(C)(C)NC(C)(C)C2)(c2ccccc2)c2ccccc2)(c2ccccc2)c2ccccc2)cc1. The molecule has 0 atom stereocenters. The van der Waals surface area contributed by atoms with Gasteiger partial charge in [0, 0.05) is 30.3 Å². The molecule has 0 spiro atoms. The van der Waals surface area contributed by atoms with Crippen molar-refractivity contribution < 1.29 is 4.48 Å². The van der Waals surface area contributed by atoms with Gasteiger partial charge in [0.2, 0.25) is 0 Å². The summed E-state index contributed by atoms with van der Waals surface area (Å²) in [6.07, 6.45) is 14.2. The van der Waals surface area contributed by atoms with Crippen LogP contribution in [-0.4, -0.2) is 60.7 Å². The van der Waals surface area contributed by atoms with E-state index in [-0.39, 0.29) is 11.1 Å². The second-order valence-corrected chi connectivity index (χ2v) is 26.0. The third-order valence-corrected chi connectivity index (χ3v) is 22.0. The topological polar surface area (TPSA) is 12.0 Å². The van der Waals surface area contributed by atoms with Crippen LogP contribution in [0.5, 0.6) is 0 Å². The number of nitrogens with zero attached hydrogens (tertiary/aromatic N) is 1. The minimum absolute atomic E-state index is 0.167. The molecule has 4 heteroatoms. The molecule has 1 N–H and O–H groups in total. The van der Waals surface area contributed by atoms with Gasteiger partial charge in [-0.25, -0.2) is 0 Å². The lowest BCUT2D eigenvalue weighted by Gasteiger charge is -2.51. The average molecular weight is 784 g/mol. The zero-order valence-electron chi connectivity index (χ0n) is 35.3. The number of hydrogen-bond donors (Lipinski definition) is 1. The van der Waals surface area contributed by atoms with Crippen molar-refractivity contribution >= 4 is 41.8 Å². The van der Waals surface area contributed by atoms with Crippen molar-refractivity contribution in [2.45, 2.75) is 89.5 Å². The van der Waals surface area contributed by atoms with E-state index in [1.54, 1.807) is 10.6 Å². The lowest BCUT2D eigenvalue weighted by atomic mass is 9.78. The summed E-state index contributed by atoms with van der Waals surface area (Å²) in [6.45, 7) is 14.8. The molecule has 0 aromatic heterocycles. The molecule has 0 bridgehead atoms. The lowest BCUT2D eigenvalue weighted by molar-refractivity contribution is -0.917. The van der Waals surface area contributed by atoms with E-state index in [9.17, 15) is 0 Å². The summed E-state index contributed by atoms with van der Waals surface area (Å²) in [7, 11) is 1.56. The van der Waals surface area contributed by atoms with E-state index in [0.29, 0.717) is 6.04 Å². The second-order valence-electron chi connectivity index (χ2n) is 18.4. The van der Waals surface area contributed by atoms with Crippen LogP contribution in [0.1, 0.15) is 77.3 Å². The monoisotopic (exact) mass is 783 g/mol. The van der Waals surface area contributed by atoms with Crippen molar-refractivity contribution in [3.8, 4) is 0 Å². The van der Waals surface area contributed by atoms with Gasteiger partial charge < -0.3 is 9.80 Å². The van der Waals surface area contributed by atoms with Gasteiger partial charge in [0.05, 0.1) is 87.1 Å². The molecule has 1 aliphatic rings. The molecule has 294 valence electrons. The van der Waals surface area contributed by atoms with Gasteiger partial charge >= 0.3 is 0 Å². The van der Waals surface area contributed by atoms with Gasteiger partial charge in [0.25, 0.3) is 0 Å². The molecule has 1 fully saturated rings. The number of piperidine rings is 1. The molecule has 1 aliphatic heterocycles. The highest BCUT2D eigenvalue weighted by Crippen LogP contribution is 2.61. The highest BCUT2D eigenvalue weighted by atomic mass is 31.2. The fraction of sp³-hybridized carbons (Fsp3) is 0.385. The van der Waals surface area contributed by atoms with Crippen LogP contribution in [0, 0.1) is 0 Å². The van der Waals surface area contributed by atoms with E-state index >= 15 is 0 Å². The van der Waals surface area contributed by atoms with Crippen LogP contribution in [0.15, 0.2) is 152 Å². The van der Waals surface area contributed by atoms with Crippen LogP contribution in [0.4, 0.5) is 0 Å². The molecule has 0 radical (unpaired) electrons. The van der Waals surface area contributed by atoms with Crippen LogP contribution in [0.25, 0.3) is 6.08 Å². The van der Waals surface area contributed by atoms with Gasteiger partial charge in [0.15, 0.2) is 0 Å². The first-order chi connectivity index (χ1) is 26.9. The Morgan fingerprint density at radius 2 is 0.929 bits per heavy atom. The standard InChI is InChI=1S/C52H69N2P2/c1-8-44-33-35-45(36-34-44)43-56(49-29-17-11-18-30-49,50-31-19-12-20-32-50)40-24-23-39-55(47-25-13-9-14-26-47,48-27-15-10-16-28-48)38-22-21-37-54(6,7)46-41-51(2,3)53-52(4,5)42-46/h8-20,25-36,46,53H,1,21-24,37-43H2,2-7H3/q+3. The Kier molecular flexibility index (Phi) is 13.9. The Morgan fingerprint density at radius 1 is 0.554 bits per heavy atom. The molecule has 0 saturated carbocycles. The number of quaternary nitrogens is 1. The van der Waals surface area contributed by atoms with E-state index in [1.165, 1.54) is 85.3 Å². The summed E-state index contributed by atoms with van der Waals surface area (Å²) in [6, 6.07) is 56.2. The smallest absolute Gasteiger partial charge is 0.0995 e. The summed E-state index contributed by atoms with van der Waals surface area (Å²) in [4.78, 5) is 0. The summed E-state index contributed by atoms with van der Waals surface area (Å²) < 4.78 is 1.11. The molecular formula is C52H69N2P2+3. The van der Waals surface area contributed by atoms with Crippen molar-refractivity contribution in [2.75, 3.05) is 39.1 Å². The lowest BCUT2D eigenvalue weighted by Crippen LogP contribution is -2.65. The number of rotatable bonds is 18. The molecule has 5 aromatic carbocycles. The minimum Gasteiger partial charge on any atom is -0.326 e. The summed E-state index contributed by atoms with van der Waals surface area (Å²) in [5.41, 5.74) is 2.94. The van der Waals surface area contributed by atoms with E-state index in [2.05, 4.69) is 199 Å². The maximum atomic E-state index is 4.01. The third-order valence-electron chi connectivity index (χ3n) is 12.7. The Labute approximate surface area is 342 Å². The normalized spacial score (nSPS) is 16.0. The Morgan fingerprint density at radius 3 is 1.34 bits per heavy atom. The zero-order chi connectivity index (χ0) is 39.7. The van der Waals surface area contributed by atoms with Gasteiger partial charge in [-0.15, -0.1) is 0 Å². The molecular weight excluding hydrogens is 715 g/mol. The molecule has 1 heterocycles. The molecule has 0 aliphatic carbocycles. The van der Waals surface area contributed by atoms with Crippen LogP contribution >= 0.6 is 14.5 Å². The second kappa shape index (κ2) is 18.5. The first-order valence-electron chi connectivity index (χ1n) is 21.2. The van der Waals surface area contributed by atoms with E-state index in [1.807, 2.05) is 6.08 Å². The first-order valence-corrected chi connectivity index (χ1v) is 25.5. The van der Waals surface area contributed by atoms with E-state index in [0.717, 1.165) is 10.6 Å². The van der Waals surface area contributed by atoms with Crippen molar-refractivity contribution in [3.05, 3.63) is 163 Å². The van der Waals surface area contributed by atoms with E-state index < -0.39 is 14.5 Å². The third kappa shape index (κ3) is 10.4. The van der Waals surface area contributed by atoms with Crippen LogP contribution in [0.3, 0.4) is 0 Å². The van der Waals surface area contributed by atoms with Gasteiger partial charge in [-0.3, -0.25) is 0 Å². The number of benzene rings is 5. The van der Waals surface area contributed by atoms with Crippen molar-refractivity contribution in [1.29, 1.82) is 0 Å². The minimum atomic E-state index is -1.77. The Hall–Kier alpha value is -3.38. The van der Waals surface area contributed by atoms with Crippen molar-refractivity contribution in [2.24, 2.45) is 0 Å². The quantitative estimate of drug-likeness (QED) is 0.0530. The predicted molar refractivity (Wildman–Crippen MR) is 253 cm³/mol. The highest BCUT2D eigenvalue weighted by molar-refractivity contribution is 7.89. The fourth-order valence-electron chi connectivity index (χ4n) is 9.98. The Balaban J connectivity index is 1.26. The molecule has 0 unspecified atom stereocenters. The molecule has 5 aromatic rings. The molecule has 56 heavy (non-hydrogen) atoms. The molecule has 0 amide bonds. The predicted octanol–water partition coefficient (Wildman–Crippen LogP) is 11.1. The highest BCUT2D eigenvalue weighted by Gasteiger charge is 2.46. The largest absolute Gasteiger partial charge is 0.326 e. The maximum absolute atomic E-state index is 4.01. The van der Waals surface area contributed by atoms with Crippen LogP contribution < -0.4 is 26.5 Å². The fourth-order valence-corrected chi connectivity index (χ4v) is 19.0. The number of hydrogen-bond acceptors (Lipinski definition) is 1. The summed E-state index contributed by atoms with van der Waals surface area (Å²) >= 11 is 0. The number of nitrogens with one attached hydrogen (secondary N) is 1. The van der Waals surface area contributed by atoms with Crippen molar-refractivity contribution in [1.82, 2.24) is 5.32 Å². The van der Waals surface area contributed by atoms with Gasteiger partial charge in [-0.2, -0.15) is 0 Å². The number of unbranched alkanes of at least 4 members (excludes halogenated alkanes) is 2. The molecule has 6 rings (SSSR count). The summed E-state index contributed by atoms with van der Waals surface area (Å²) in [5, 5.41) is 10.1. The van der Waals surface area contributed by atoms with Crippen LogP contribution in [0.2, 0.25) is 0 Å². The van der Waals surface area contributed by atoms with Gasteiger partial charge in [0.1, 0.15) is 0 Å². The maximum Gasteiger partial charge on any atom is 0.0995 e.